The Kier molecular flexibility index (Phi) is 4.00. The summed E-state index contributed by atoms with van der Waals surface area (Å²) in [6, 6.07) is 9.32. The zero-order chi connectivity index (χ0) is 11.5. The molecule has 1 nitrogen and oxygen atoms in total. The highest BCUT2D eigenvalue weighted by Gasteiger charge is 2.11. The maximum atomic E-state index is 12.0. The average Bonchev–Trinajstić information content (AvgIpc) is 2.74. The van der Waals surface area contributed by atoms with E-state index in [-0.39, 0.29) is 5.78 Å². The van der Waals surface area contributed by atoms with Crippen LogP contribution in [0.5, 0.6) is 0 Å². The van der Waals surface area contributed by atoms with Gasteiger partial charge in [0.1, 0.15) is 0 Å². The van der Waals surface area contributed by atoms with Gasteiger partial charge in [0.05, 0.1) is 0 Å². The Balaban J connectivity index is 2.24. The van der Waals surface area contributed by atoms with E-state index in [2.05, 4.69) is 22.6 Å². The molecule has 0 aliphatic carbocycles. The van der Waals surface area contributed by atoms with Crippen LogP contribution in [0.15, 0.2) is 35.7 Å². The number of carbonyl (C=O) groups excluding carboxylic acids is 1. The van der Waals surface area contributed by atoms with Crippen molar-refractivity contribution in [1.82, 2.24) is 0 Å². The van der Waals surface area contributed by atoms with Crippen molar-refractivity contribution < 1.29 is 4.79 Å². The molecular formula is C12H8ClIOS. The summed E-state index contributed by atoms with van der Waals surface area (Å²) in [6.45, 7) is 0. The third-order valence-corrected chi connectivity index (χ3v) is 4.20. The van der Waals surface area contributed by atoms with Crippen molar-refractivity contribution in [3.05, 3.63) is 54.7 Å². The summed E-state index contributed by atoms with van der Waals surface area (Å²) in [5.41, 5.74) is 0.710. The fourth-order valence-corrected chi connectivity index (χ4v) is 2.89. The van der Waals surface area contributed by atoms with Gasteiger partial charge in [0.15, 0.2) is 5.78 Å². The Morgan fingerprint density at radius 3 is 2.88 bits per heavy atom. The number of carbonyl (C=O) groups is 1. The monoisotopic (exact) mass is 362 g/mol. The third-order valence-electron chi connectivity index (χ3n) is 2.14. The number of thiophene rings is 1. The van der Waals surface area contributed by atoms with E-state index in [1.165, 1.54) is 0 Å². The number of ketones is 1. The Morgan fingerprint density at radius 2 is 2.19 bits per heavy atom. The highest BCUT2D eigenvalue weighted by molar-refractivity contribution is 14.1. The van der Waals surface area contributed by atoms with Gasteiger partial charge in [-0.2, -0.15) is 0 Å². The molecule has 0 aliphatic rings. The SMILES string of the molecule is O=C(Cc1cccs1)c1cc(Cl)ccc1I. The average molecular weight is 363 g/mol. The van der Waals surface area contributed by atoms with Crippen LogP contribution in [0.2, 0.25) is 5.02 Å². The largest absolute Gasteiger partial charge is 0.294 e. The number of rotatable bonds is 3. The van der Waals surface area contributed by atoms with Crippen LogP contribution in [0, 0.1) is 3.57 Å². The van der Waals surface area contributed by atoms with Gasteiger partial charge in [0, 0.05) is 25.5 Å². The van der Waals surface area contributed by atoms with E-state index in [1.54, 1.807) is 23.5 Å². The van der Waals surface area contributed by atoms with Gasteiger partial charge in [-0.25, -0.2) is 0 Å². The molecule has 82 valence electrons. The summed E-state index contributed by atoms with van der Waals surface area (Å²) >= 11 is 9.65. The molecule has 0 saturated carbocycles. The number of hydrogen-bond donors (Lipinski definition) is 0. The molecular weight excluding hydrogens is 355 g/mol. The van der Waals surface area contributed by atoms with Gasteiger partial charge in [0.2, 0.25) is 0 Å². The summed E-state index contributed by atoms with van der Waals surface area (Å²) < 4.78 is 0.948. The van der Waals surface area contributed by atoms with Gasteiger partial charge in [-0.3, -0.25) is 4.79 Å². The van der Waals surface area contributed by atoms with Crippen molar-refractivity contribution >= 4 is 51.3 Å². The Labute approximate surface area is 117 Å². The van der Waals surface area contributed by atoms with Gasteiger partial charge in [-0.05, 0) is 52.2 Å². The second kappa shape index (κ2) is 5.29. The lowest BCUT2D eigenvalue weighted by Gasteiger charge is -2.03. The lowest BCUT2D eigenvalue weighted by Crippen LogP contribution is -2.04. The smallest absolute Gasteiger partial charge is 0.169 e. The van der Waals surface area contributed by atoms with E-state index in [0.717, 1.165) is 8.45 Å². The molecule has 0 amide bonds. The molecule has 4 heteroatoms. The lowest BCUT2D eigenvalue weighted by molar-refractivity contribution is 0.0993. The Hall–Kier alpha value is -0.390. The molecule has 1 aromatic heterocycles. The van der Waals surface area contributed by atoms with E-state index in [1.807, 2.05) is 23.6 Å². The summed E-state index contributed by atoms with van der Waals surface area (Å²) in [5, 5.41) is 2.58. The fourth-order valence-electron chi connectivity index (χ4n) is 1.38. The standard InChI is InChI=1S/C12H8ClIOS/c13-8-3-4-11(14)10(6-8)12(15)7-9-2-1-5-16-9/h1-6H,7H2. The van der Waals surface area contributed by atoms with Gasteiger partial charge in [-0.1, -0.05) is 17.7 Å². The van der Waals surface area contributed by atoms with Gasteiger partial charge in [0.25, 0.3) is 0 Å². The van der Waals surface area contributed by atoms with Gasteiger partial charge >= 0.3 is 0 Å². The normalized spacial score (nSPS) is 10.4. The topological polar surface area (TPSA) is 17.1 Å². The van der Waals surface area contributed by atoms with E-state index >= 15 is 0 Å². The van der Waals surface area contributed by atoms with E-state index < -0.39 is 0 Å². The minimum atomic E-state index is 0.120. The molecule has 0 N–H and O–H groups in total. The summed E-state index contributed by atoms with van der Waals surface area (Å²) in [6.07, 6.45) is 0.452. The fraction of sp³-hybridized carbons (Fsp3) is 0.0833. The first-order valence-electron chi connectivity index (χ1n) is 4.67. The van der Waals surface area contributed by atoms with Gasteiger partial charge in [-0.15, -0.1) is 11.3 Å². The quantitative estimate of drug-likeness (QED) is 0.583. The third kappa shape index (κ3) is 2.84. The van der Waals surface area contributed by atoms with Crippen molar-refractivity contribution in [2.75, 3.05) is 0 Å². The predicted octanol–water partition coefficient (Wildman–Crippen LogP) is 4.43. The number of halogens is 2. The molecule has 0 aliphatic heterocycles. The van der Waals surface area contributed by atoms with E-state index in [0.29, 0.717) is 17.0 Å². The predicted molar refractivity (Wildman–Crippen MR) is 76.5 cm³/mol. The lowest BCUT2D eigenvalue weighted by atomic mass is 10.1. The van der Waals surface area contributed by atoms with Crippen LogP contribution in [0.1, 0.15) is 15.2 Å². The molecule has 16 heavy (non-hydrogen) atoms. The summed E-state index contributed by atoms with van der Waals surface area (Å²) in [5.74, 6) is 0.120. The van der Waals surface area contributed by atoms with Gasteiger partial charge < -0.3 is 0 Å². The Morgan fingerprint density at radius 1 is 1.38 bits per heavy atom. The van der Waals surface area contributed by atoms with Crippen LogP contribution in [-0.4, -0.2) is 5.78 Å². The van der Waals surface area contributed by atoms with Crippen LogP contribution in [0.25, 0.3) is 0 Å². The molecule has 2 aromatic rings. The zero-order valence-electron chi connectivity index (χ0n) is 8.24. The molecule has 1 aromatic carbocycles. The molecule has 0 unspecified atom stereocenters. The maximum Gasteiger partial charge on any atom is 0.169 e. The Bertz CT molecular complexity index is 508. The van der Waals surface area contributed by atoms with Crippen molar-refractivity contribution in [1.29, 1.82) is 0 Å². The molecule has 2 rings (SSSR count). The molecule has 0 spiro atoms. The first kappa shape index (κ1) is 12.1. The van der Waals surface area contributed by atoms with Crippen LogP contribution in [0.4, 0.5) is 0 Å². The van der Waals surface area contributed by atoms with Crippen LogP contribution in [-0.2, 0) is 6.42 Å². The van der Waals surface area contributed by atoms with Crippen LogP contribution < -0.4 is 0 Å². The molecule has 0 radical (unpaired) electrons. The summed E-state index contributed by atoms with van der Waals surface area (Å²) in [4.78, 5) is 13.1. The van der Waals surface area contributed by atoms with Crippen LogP contribution >= 0.6 is 45.5 Å². The zero-order valence-corrected chi connectivity index (χ0v) is 12.0. The van der Waals surface area contributed by atoms with Crippen molar-refractivity contribution in [2.45, 2.75) is 6.42 Å². The molecule has 0 saturated heterocycles. The molecule has 1 heterocycles. The first-order valence-corrected chi connectivity index (χ1v) is 7.01. The maximum absolute atomic E-state index is 12.0. The molecule has 0 fully saturated rings. The first-order chi connectivity index (χ1) is 7.66. The second-order valence-corrected chi connectivity index (χ2v) is 5.93. The minimum absolute atomic E-state index is 0.120. The number of hydrogen-bond acceptors (Lipinski definition) is 2. The minimum Gasteiger partial charge on any atom is -0.294 e. The number of Topliss-reactive ketones (excluding diaryl/α,β-unsaturated/α-hetero) is 1. The van der Waals surface area contributed by atoms with E-state index in [9.17, 15) is 4.79 Å². The molecule has 0 bridgehead atoms. The highest BCUT2D eigenvalue weighted by Crippen LogP contribution is 2.20. The second-order valence-electron chi connectivity index (χ2n) is 3.30. The molecule has 0 atom stereocenters. The highest BCUT2D eigenvalue weighted by atomic mass is 127. The number of benzene rings is 1. The van der Waals surface area contributed by atoms with Crippen LogP contribution in [0.3, 0.4) is 0 Å². The van der Waals surface area contributed by atoms with Crippen molar-refractivity contribution in [2.24, 2.45) is 0 Å². The summed E-state index contributed by atoms with van der Waals surface area (Å²) in [7, 11) is 0. The van der Waals surface area contributed by atoms with Crippen molar-refractivity contribution in [3.8, 4) is 0 Å². The van der Waals surface area contributed by atoms with E-state index in [4.69, 9.17) is 11.6 Å². The van der Waals surface area contributed by atoms with Crippen molar-refractivity contribution in [3.63, 3.8) is 0 Å².